The summed E-state index contributed by atoms with van der Waals surface area (Å²) in [6.45, 7) is 4.20. The van der Waals surface area contributed by atoms with E-state index in [9.17, 15) is 14.4 Å². The summed E-state index contributed by atoms with van der Waals surface area (Å²) >= 11 is 0. The maximum Gasteiger partial charge on any atom is 0.245 e. The molecule has 2 atom stereocenters. The van der Waals surface area contributed by atoms with E-state index in [-0.39, 0.29) is 23.6 Å². The van der Waals surface area contributed by atoms with Crippen molar-refractivity contribution in [1.29, 1.82) is 0 Å². The smallest absolute Gasteiger partial charge is 0.245 e. The molecule has 0 aliphatic carbocycles. The molecule has 2 heterocycles. The van der Waals surface area contributed by atoms with Crippen LogP contribution in [0.15, 0.2) is 84.9 Å². The molecule has 2 aliphatic rings. The molecular weight excluding hydrogens is 550 g/mol. The lowest BCUT2D eigenvalue weighted by Gasteiger charge is -2.32. The Morgan fingerprint density at radius 2 is 1.18 bits per heavy atom. The molecular formula is C36H41N5O3. The van der Waals surface area contributed by atoms with Crippen molar-refractivity contribution in [2.45, 2.75) is 37.8 Å². The van der Waals surface area contributed by atoms with Crippen molar-refractivity contribution in [3.8, 4) is 0 Å². The third-order valence-electron chi connectivity index (χ3n) is 8.89. The van der Waals surface area contributed by atoms with Gasteiger partial charge in [-0.05, 0) is 58.6 Å². The third-order valence-corrected chi connectivity index (χ3v) is 8.89. The minimum absolute atomic E-state index is 0.0952. The summed E-state index contributed by atoms with van der Waals surface area (Å²) in [6.07, 6.45) is 2.17. The molecule has 2 aliphatic heterocycles. The molecule has 2 saturated heterocycles. The predicted octanol–water partition coefficient (Wildman–Crippen LogP) is 3.18. The van der Waals surface area contributed by atoms with Crippen molar-refractivity contribution in [3.63, 3.8) is 0 Å². The van der Waals surface area contributed by atoms with Crippen LogP contribution in [0.3, 0.4) is 0 Å². The Morgan fingerprint density at radius 1 is 0.659 bits per heavy atom. The standard InChI is InChI=1S/C36H41N5O3/c42-34(29-13-15-37-16-14-29)39-32(23-25-9-11-27-5-1-3-7-30(27)21-25)35(43)40-33(36(44)41-19-17-38-18-20-41)24-26-10-12-28-6-2-4-8-31(28)22-26/h1-12,21-22,29,32-33,37-38H,13-20,23-24H2,(H,39,42)(H,40,43)/t32-,33-/m1/s1. The van der Waals surface area contributed by atoms with Crippen LogP contribution in [0.5, 0.6) is 0 Å². The van der Waals surface area contributed by atoms with Gasteiger partial charge in [0.15, 0.2) is 0 Å². The van der Waals surface area contributed by atoms with Gasteiger partial charge in [-0.25, -0.2) is 0 Å². The predicted molar refractivity (Wildman–Crippen MR) is 174 cm³/mol. The quantitative estimate of drug-likeness (QED) is 0.240. The third kappa shape index (κ3) is 7.26. The van der Waals surface area contributed by atoms with Crippen LogP contribution in [0.25, 0.3) is 21.5 Å². The van der Waals surface area contributed by atoms with Crippen molar-refractivity contribution in [3.05, 3.63) is 96.1 Å². The van der Waals surface area contributed by atoms with Gasteiger partial charge in [-0.3, -0.25) is 14.4 Å². The molecule has 4 aromatic rings. The zero-order valence-corrected chi connectivity index (χ0v) is 25.1. The van der Waals surface area contributed by atoms with E-state index in [4.69, 9.17) is 0 Å². The summed E-state index contributed by atoms with van der Waals surface area (Å²) in [6, 6.07) is 27.0. The Hall–Kier alpha value is -4.27. The number of piperazine rings is 1. The molecule has 0 saturated carbocycles. The Bertz CT molecular complexity index is 1630. The number of nitrogens with one attached hydrogen (secondary N) is 4. The molecule has 0 unspecified atom stereocenters. The second-order valence-corrected chi connectivity index (χ2v) is 12.0. The van der Waals surface area contributed by atoms with E-state index in [0.29, 0.717) is 25.9 Å². The fourth-order valence-electron chi connectivity index (χ4n) is 6.36. The minimum atomic E-state index is -0.812. The first-order valence-corrected chi connectivity index (χ1v) is 15.8. The van der Waals surface area contributed by atoms with E-state index in [1.807, 2.05) is 53.4 Å². The van der Waals surface area contributed by atoms with Gasteiger partial charge in [-0.1, -0.05) is 84.9 Å². The van der Waals surface area contributed by atoms with Gasteiger partial charge < -0.3 is 26.2 Å². The topological polar surface area (TPSA) is 103 Å². The second kappa shape index (κ2) is 14.0. The van der Waals surface area contributed by atoms with Crippen LogP contribution in [0.1, 0.15) is 24.0 Å². The minimum Gasteiger partial charge on any atom is -0.344 e. The SMILES string of the molecule is O=C(N[C@H](Cc1ccc2ccccc2c1)C(=O)N[C@H](Cc1ccc2ccccc2c1)C(=O)N1CCNCC1)C1CCNCC1. The van der Waals surface area contributed by atoms with Crippen molar-refractivity contribution in [1.82, 2.24) is 26.2 Å². The summed E-state index contributed by atoms with van der Waals surface area (Å²) < 4.78 is 0. The molecule has 6 rings (SSSR count). The first-order valence-electron chi connectivity index (χ1n) is 15.8. The van der Waals surface area contributed by atoms with E-state index < -0.39 is 12.1 Å². The summed E-state index contributed by atoms with van der Waals surface area (Å²) in [5.41, 5.74) is 1.93. The molecule has 0 spiro atoms. The van der Waals surface area contributed by atoms with Gasteiger partial charge in [0.25, 0.3) is 0 Å². The van der Waals surface area contributed by atoms with Crippen LogP contribution in [-0.2, 0) is 27.2 Å². The van der Waals surface area contributed by atoms with E-state index in [2.05, 4.69) is 57.7 Å². The van der Waals surface area contributed by atoms with Gasteiger partial charge in [-0.15, -0.1) is 0 Å². The lowest BCUT2D eigenvalue weighted by Crippen LogP contribution is -2.58. The van der Waals surface area contributed by atoms with E-state index in [1.165, 1.54) is 0 Å². The monoisotopic (exact) mass is 591 g/mol. The highest BCUT2D eigenvalue weighted by Crippen LogP contribution is 2.20. The number of hydrogen-bond acceptors (Lipinski definition) is 5. The molecule has 44 heavy (non-hydrogen) atoms. The van der Waals surface area contributed by atoms with E-state index >= 15 is 0 Å². The first-order chi connectivity index (χ1) is 21.5. The average Bonchev–Trinajstić information content (AvgIpc) is 3.08. The average molecular weight is 592 g/mol. The first kappa shape index (κ1) is 29.8. The normalized spacial score (nSPS) is 17.2. The molecule has 0 aromatic heterocycles. The maximum atomic E-state index is 14.1. The number of hydrogen-bond donors (Lipinski definition) is 4. The van der Waals surface area contributed by atoms with Crippen LogP contribution in [0.4, 0.5) is 0 Å². The number of rotatable bonds is 9. The van der Waals surface area contributed by atoms with Gasteiger partial charge in [-0.2, -0.15) is 0 Å². The second-order valence-electron chi connectivity index (χ2n) is 12.0. The van der Waals surface area contributed by atoms with Crippen LogP contribution in [-0.4, -0.2) is 74.0 Å². The lowest BCUT2D eigenvalue weighted by molar-refractivity contribution is -0.138. The molecule has 4 aromatic carbocycles. The zero-order valence-electron chi connectivity index (χ0n) is 25.1. The van der Waals surface area contributed by atoms with Crippen LogP contribution < -0.4 is 21.3 Å². The number of benzene rings is 4. The summed E-state index contributed by atoms with van der Waals surface area (Å²) in [5, 5.41) is 17.2. The zero-order chi connectivity index (χ0) is 30.3. The number of nitrogens with zero attached hydrogens (tertiary/aromatic N) is 1. The highest BCUT2D eigenvalue weighted by molar-refractivity contribution is 5.93. The largest absolute Gasteiger partial charge is 0.344 e. The fourth-order valence-corrected chi connectivity index (χ4v) is 6.36. The van der Waals surface area contributed by atoms with Crippen LogP contribution in [0.2, 0.25) is 0 Å². The molecule has 3 amide bonds. The highest BCUT2D eigenvalue weighted by Gasteiger charge is 2.32. The molecule has 8 nitrogen and oxygen atoms in total. The van der Waals surface area contributed by atoms with Gasteiger partial charge in [0, 0.05) is 44.9 Å². The Labute approximate surface area is 258 Å². The Kier molecular flexibility index (Phi) is 9.48. The van der Waals surface area contributed by atoms with Crippen molar-refractivity contribution in [2.24, 2.45) is 5.92 Å². The molecule has 4 N–H and O–H groups in total. The summed E-state index contributed by atoms with van der Waals surface area (Å²) in [5.74, 6) is -0.678. The Morgan fingerprint density at radius 3 is 1.77 bits per heavy atom. The van der Waals surface area contributed by atoms with Crippen LogP contribution >= 0.6 is 0 Å². The van der Waals surface area contributed by atoms with Gasteiger partial charge >= 0.3 is 0 Å². The van der Waals surface area contributed by atoms with Gasteiger partial charge in [0.05, 0.1) is 0 Å². The lowest BCUT2D eigenvalue weighted by atomic mass is 9.95. The maximum absolute atomic E-state index is 14.1. The fraction of sp³-hybridized carbons (Fsp3) is 0.361. The number of amides is 3. The molecule has 0 bridgehead atoms. The number of carbonyl (C=O) groups excluding carboxylic acids is 3. The van der Waals surface area contributed by atoms with Crippen molar-refractivity contribution >= 4 is 39.3 Å². The van der Waals surface area contributed by atoms with Gasteiger partial charge in [0.1, 0.15) is 12.1 Å². The Balaban J connectivity index is 1.26. The summed E-state index contributed by atoms with van der Waals surface area (Å²) in [4.78, 5) is 43.2. The number of piperidine rings is 1. The molecule has 2 fully saturated rings. The van der Waals surface area contributed by atoms with E-state index in [0.717, 1.165) is 71.7 Å². The number of carbonyl (C=O) groups is 3. The molecule has 8 heteroatoms. The number of fused-ring (bicyclic) bond motifs is 2. The summed E-state index contributed by atoms with van der Waals surface area (Å²) in [7, 11) is 0. The molecule has 0 radical (unpaired) electrons. The molecule has 228 valence electrons. The van der Waals surface area contributed by atoms with Crippen LogP contribution in [0, 0.1) is 5.92 Å². The highest BCUT2D eigenvalue weighted by atomic mass is 16.2. The van der Waals surface area contributed by atoms with E-state index in [1.54, 1.807) is 0 Å². The van der Waals surface area contributed by atoms with Crippen molar-refractivity contribution < 1.29 is 14.4 Å². The van der Waals surface area contributed by atoms with Crippen molar-refractivity contribution in [2.75, 3.05) is 39.3 Å². The van der Waals surface area contributed by atoms with Gasteiger partial charge in [0.2, 0.25) is 17.7 Å².